The minimum Gasteiger partial charge on any atom is -0.301 e. The molecule has 0 radical (unpaired) electrons. The van der Waals surface area contributed by atoms with Crippen molar-refractivity contribution in [3.63, 3.8) is 0 Å². The second-order valence-corrected chi connectivity index (χ2v) is 5.47. The van der Waals surface area contributed by atoms with Crippen LogP contribution >= 0.6 is 0 Å². The van der Waals surface area contributed by atoms with Crippen LogP contribution in [0.1, 0.15) is 40.0 Å². The fourth-order valence-corrected chi connectivity index (χ4v) is 2.69. The molecule has 98 valence electrons. The molecule has 3 heteroatoms. The monoisotopic (exact) mass is 237 g/mol. The van der Waals surface area contributed by atoms with Crippen LogP contribution in [0, 0.1) is 23.2 Å². The first-order valence-corrected chi connectivity index (χ1v) is 7.02. The van der Waals surface area contributed by atoms with Crippen molar-refractivity contribution >= 4 is 0 Å². The van der Waals surface area contributed by atoms with E-state index in [0.29, 0.717) is 0 Å². The SMILES string of the molecule is CCNC(C#N)CN1CCCC(C(C)C)CC1. The molecule has 2 unspecified atom stereocenters. The third-order valence-corrected chi connectivity index (χ3v) is 3.86. The molecular weight excluding hydrogens is 210 g/mol. The Balaban J connectivity index is 2.38. The molecule has 3 nitrogen and oxygen atoms in total. The van der Waals surface area contributed by atoms with E-state index in [1.54, 1.807) is 0 Å². The quantitative estimate of drug-likeness (QED) is 0.797. The molecule has 0 aromatic rings. The normalized spacial score (nSPS) is 24.3. The fourth-order valence-electron chi connectivity index (χ4n) is 2.69. The summed E-state index contributed by atoms with van der Waals surface area (Å²) in [6, 6.07) is 2.35. The number of likely N-dealkylation sites (N-methyl/N-ethyl adjacent to an activating group) is 1. The van der Waals surface area contributed by atoms with E-state index in [-0.39, 0.29) is 6.04 Å². The van der Waals surface area contributed by atoms with Gasteiger partial charge < -0.3 is 10.2 Å². The molecule has 1 heterocycles. The lowest BCUT2D eigenvalue weighted by atomic mass is 9.89. The maximum atomic E-state index is 9.06. The molecule has 1 aliphatic heterocycles. The summed E-state index contributed by atoms with van der Waals surface area (Å²) in [5.41, 5.74) is 0. The fraction of sp³-hybridized carbons (Fsp3) is 0.929. The largest absolute Gasteiger partial charge is 0.301 e. The number of nitrogens with zero attached hydrogens (tertiary/aromatic N) is 2. The number of hydrogen-bond donors (Lipinski definition) is 1. The highest BCUT2D eigenvalue weighted by molar-refractivity contribution is 4.92. The summed E-state index contributed by atoms with van der Waals surface area (Å²) in [7, 11) is 0. The lowest BCUT2D eigenvalue weighted by Gasteiger charge is -2.23. The molecular formula is C14H27N3. The molecule has 1 saturated heterocycles. The Kier molecular flexibility index (Phi) is 6.54. The van der Waals surface area contributed by atoms with Crippen LogP contribution in [0.15, 0.2) is 0 Å². The van der Waals surface area contributed by atoms with Gasteiger partial charge in [-0.1, -0.05) is 20.8 Å². The van der Waals surface area contributed by atoms with Crippen LogP contribution < -0.4 is 5.32 Å². The van der Waals surface area contributed by atoms with E-state index in [1.165, 1.54) is 19.3 Å². The first-order valence-electron chi connectivity index (χ1n) is 7.02. The van der Waals surface area contributed by atoms with Crippen LogP contribution in [-0.2, 0) is 0 Å². The summed E-state index contributed by atoms with van der Waals surface area (Å²) in [5, 5.41) is 12.3. The molecule has 2 atom stereocenters. The smallest absolute Gasteiger partial charge is 0.108 e. The van der Waals surface area contributed by atoms with Crippen molar-refractivity contribution in [1.29, 1.82) is 5.26 Å². The first-order chi connectivity index (χ1) is 8.17. The van der Waals surface area contributed by atoms with Gasteiger partial charge in [-0.15, -0.1) is 0 Å². The minimum absolute atomic E-state index is 0.00407. The summed E-state index contributed by atoms with van der Waals surface area (Å²) < 4.78 is 0. The van der Waals surface area contributed by atoms with Crippen LogP contribution in [0.4, 0.5) is 0 Å². The van der Waals surface area contributed by atoms with Gasteiger partial charge in [0.1, 0.15) is 6.04 Å². The number of nitrogens with one attached hydrogen (secondary N) is 1. The summed E-state index contributed by atoms with van der Waals surface area (Å²) in [6.45, 7) is 10.8. The number of hydrogen-bond acceptors (Lipinski definition) is 3. The second-order valence-electron chi connectivity index (χ2n) is 5.47. The van der Waals surface area contributed by atoms with E-state index < -0.39 is 0 Å². The second kappa shape index (κ2) is 7.68. The molecule has 1 rings (SSSR count). The van der Waals surface area contributed by atoms with Gasteiger partial charge in [0.05, 0.1) is 6.07 Å². The average molecular weight is 237 g/mol. The van der Waals surface area contributed by atoms with Crippen molar-refractivity contribution in [2.45, 2.75) is 46.1 Å². The first kappa shape index (κ1) is 14.5. The summed E-state index contributed by atoms with van der Waals surface area (Å²) >= 11 is 0. The lowest BCUT2D eigenvalue weighted by molar-refractivity contribution is 0.258. The van der Waals surface area contributed by atoms with Gasteiger partial charge in [-0.05, 0) is 50.7 Å². The number of likely N-dealkylation sites (tertiary alicyclic amines) is 1. The minimum atomic E-state index is -0.00407. The molecule has 0 amide bonds. The van der Waals surface area contributed by atoms with Crippen LogP contribution in [0.3, 0.4) is 0 Å². The van der Waals surface area contributed by atoms with Crippen molar-refractivity contribution in [3.05, 3.63) is 0 Å². The van der Waals surface area contributed by atoms with Gasteiger partial charge in [0, 0.05) is 6.54 Å². The highest BCUT2D eigenvalue weighted by Gasteiger charge is 2.21. The van der Waals surface area contributed by atoms with E-state index >= 15 is 0 Å². The van der Waals surface area contributed by atoms with Gasteiger partial charge in [-0.25, -0.2) is 0 Å². The Morgan fingerprint density at radius 1 is 1.35 bits per heavy atom. The van der Waals surface area contributed by atoms with E-state index in [0.717, 1.165) is 38.0 Å². The maximum Gasteiger partial charge on any atom is 0.108 e. The molecule has 0 spiro atoms. The molecule has 0 aromatic carbocycles. The van der Waals surface area contributed by atoms with Gasteiger partial charge in [0.15, 0.2) is 0 Å². The van der Waals surface area contributed by atoms with Gasteiger partial charge >= 0.3 is 0 Å². The Hall–Kier alpha value is -0.590. The zero-order chi connectivity index (χ0) is 12.7. The third kappa shape index (κ3) is 5.06. The molecule has 0 aliphatic carbocycles. The van der Waals surface area contributed by atoms with Crippen molar-refractivity contribution < 1.29 is 0 Å². The van der Waals surface area contributed by atoms with Crippen LogP contribution in [0.2, 0.25) is 0 Å². The van der Waals surface area contributed by atoms with Crippen LogP contribution in [-0.4, -0.2) is 37.1 Å². The van der Waals surface area contributed by atoms with Crippen molar-refractivity contribution in [2.75, 3.05) is 26.2 Å². The molecule has 0 saturated carbocycles. The summed E-state index contributed by atoms with van der Waals surface area (Å²) in [4.78, 5) is 2.46. The predicted molar refractivity (Wildman–Crippen MR) is 71.7 cm³/mol. The van der Waals surface area contributed by atoms with E-state index in [4.69, 9.17) is 5.26 Å². The van der Waals surface area contributed by atoms with Gasteiger partial charge in [0.2, 0.25) is 0 Å². The molecule has 0 bridgehead atoms. The van der Waals surface area contributed by atoms with Crippen molar-refractivity contribution in [3.8, 4) is 6.07 Å². The zero-order valence-electron chi connectivity index (χ0n) is 11.6. The van der Waals surface area contributed by atoms with Gasteiger partial charge in [0.25, 0.3) is 0 Å². The highest BCUT2D eigenvalue weighted by atomic mass is 15.1. The molecule has 1 fully saturated rings. The average Bonchev–Trinajstić information content (AvgIpc) is 2.54. The molecule has 17 heavy (non-hydrogen) atoms. The Labute approximate surface area is 106 Å². The van der Waals surface area contributed by atoms with E-state index in [1.807, 2.05) is 0 Å². The maximum absolute atomic E-state index is 9.06. The zero-order valence-corrected chi connectivity index (χ0v) is 11.6. The topological polar surface area (TPSA) is 39.1 Å². The number of nitriles is 1. The summed E-state index contributed by atoms with van der Waals surface area (Å²) in [5.74, 6) is 1.68. The molecule has 1 aliphatic rings. The molecule has 1 N–H and O–H groups in total. The lowest BCUT2D eigenvalue weighted by Crippen LogP contribution is -2.40. The van der Waals surface area contributed by atoms with Crippen molar-refractivity contribution in [1.82, 2.24) is 10.2 Å². The standard InChI is InChI=1S/C14H27N3/c1-4-16-14(10-15)11-17-8-5-6-13(7-9-17)12(2)3/h12-14,16H,4-9,11H2,1-3H3. The molecule has 0 aromatic heterocycles. The van der Waals surface area contributed by atoms with Crippen molar-refractivity contribution in [2.24, 2.45) is 11.8 Å². The summed E-state index contributed by atoms with van der Waals surface area (Å²) in [6.07, 6.45) is 3.93. The van der Waals surface area contributed by atoms with Gasteiger partial charge in [-0.2, -0.15) is 5.26 Å². The Morgan fingerprint density at radius 3 is 2.71 bits per heavy atom. The highest BCUT2D eigenvalue weighted by Crippen LogP contribution is 2.24. The Bertz CT molecular complexity index is 244. The third-order valence-electron chi connectivity index (χ3n) is 3.86. The van der Waals surface area contributed by atoms with E-state index in [9.17, 15) is 0 Å². The van der Waals surface area contributed by atoms with E-state index in [2.05, 4.69) is 37.1 Å². The van der Waals surface area contributed by atoms with Crippen LogP contribution in [0.25, 0.3) is 0 Å². The Morgan fingerprint density at radius 2 is 2.12 bits per heavy atom. The predicted octanol–water partition coefficient (Wildman–Crippen LogP) is 2.25. The van der Waals surface area contributed by atoms with Gasteiger partial charge in [-0.3, -0.25) is 0 Å². The van der Waals surface area contributed by atoms with Crippen LogP contribution in [0.5, 0.6) is 0 Å². The number of rotatable bonds is 5.